The minimum Gasteiger partial charge on any atom is -0.387 e. The van der Waals surface area contributed by atoms with Crippen molar-refractivity contribution in [1.82, 2.24) is 0 Å². The highest BCUT2D eigenvalue weighted by atomic mass is 79.9. The first-order chi connectivity index (χ1) is 6.68. The molecule has 0 aromatic carbocycles. The quantitative estimate of drug-likeness (QED) is 0.908. The maximum absolute atomic E-state index is 10.0. The van der Waals surface area contributed by atoms with Gasteiger partial charge in [0, 0.05) is 17.4 Å². The molecule has 2 heterocycles. The van der Waals surface area contributed by atoms with Crippen LogP contribution in [0.15, 0.2) is 9.85 Å². The Balaban J connectivity index is 2.13. The van der Waals surface area contributed by atoms with Crippen LogP contribution in [-0.2, 0) is 4.74 Å². The fraction of sp³-hybridized carbons (Fsp3) is 0.556. The molecule has 1 aromatic heterocycles. The molecule has 2 atom stereocenters. The number of hydrogen-bond donors (Lipinski definition) is 1. The Hall–Kier alpha value is 0.390. The summed E-state index contributed by atoms with van der Waals surface area (Å²) in [5.74, 6) is 0.219. The van der Waals surface area contributed by atoms with E-state index in [0.29, 0.717) is 11.6 Å². The molecule has 1 fully saturated rings. The van der Waals surface area contributed by atoms with Crippen LogP contribution in [0.1, 0.15) is 17.4 Å². The van der Waals surface area contributed by atoms with Gasteiger partial charge in [0.1, 0.15) is 0 Å². The molecule has 1 N–H and O–H groups in total. The molecule has 0 aliphatic carbocycles. The van der Waals surface area contributed by atoms with Gasteiger partial charge in [-0.3, -0.25) is 0 Å². The highest BCUT2D eigenvalue weighted by Gasteiger charge is 2.26. The largest absolute Gasteiger partial charge is 0.387 e. The summed E-state index contributed by atoms with van der Waals surface area (Å²) >= 11 is 10.7. The molecule has 0 bridgehead atoms. The van der Waals surface area contributed by atoms with Gasteiger partial charge < -0.3 is 9.84 Å². The van der Waals surface area contributed by atoms with Gasteiger partial charge in [-0.15, -0.1) is 11.3 Å². The smallest absolute Gasteiger partial charge is 0.0933 e. The normalized spacial score (nSPS) is 24.1. The number of thiophene rings is 1. The summed E-state index contributed by atoms with van der Waals surface area (Å²) in [5, 5.41) is 10.7. The second-order valence-corrected chi connectivity index (χ2v) is 6.15. The summed E-state index contributed by atoms with van der Waals surface area (Å²) in [6, 6.07) is 1.82. The van der Waals surface area contributed by atoms with E-state index in [1.165, 1.54) is 11.3 Å². The van der Waals surface area contributed by atoms with Gasteiger partial charge in [-0.05, 0) is 28.4 Å². The second kappa shape index (κ2) is 4.49. The lowest BCUT2D eigenvalue weighted by molar-refractivity contribution is 0.0945. The van der Waals surface area contributed by atoms with Crippen LogP contribution in [0.5, 0.6) is 0 Å². The minimum atomic E-state index is -0.439. The van der Waals surface area contributed by atoms with Crippen molar-refractivity contribution < 1.29 is 9.84 Å². The lowest BCUT2D eigenvalue weighted by atomic mass is 10.0. The molecule has 2 rings (SSSR count). The van der Waals surface area contributed by atoms with E-state index >= 15 is 0 Å². The molecule has 5 heteroatoms. The van der Waals surface area contributed by atoms with E-state index in [1.54, 1.807) is 0 Å². The van der Waals surface area contributed by atoms with Crippen LogP contribution in [0, 0.1) is 5.92 Å². The molecule has 14 heavy (non-hydrogen) atoms. The highest BCUT2D eigenvalue weighted by molar-refractivity contribution is 9.11. The SMILES string of the molecule is OC(c1cc(Cl)c(Br)s1)C1CCOC1. The molecule has 1 aliphatic rings. The van der Waals surface area contributed by atoms with E-state index in [4.69, 9.17) is 16.3 Å². The van der Waals surface area contributed by atoms with Gasteiger partial charge in [-0.2, -0.15) is 0 Å². The van der Waals surface area contributed by atoms with Crippen LogP contribution in [0.3, 0.4) is 0 Å². The first-order valence-corrected chi connectivity index (χ1v) is 6.38. The predicted octanol–water partition coefficient (Wildman–Crippen LogP) is 3.23. The molecule has 78 valence electrons. The van der Waals surface area contributed by atoms with Crippen LogP contribution in [0.2, 0.25) is 5.02 Å². The van der Waals surface area contributed by atoms with E-state index in [2.05, 4.69) is 15.9 Å². The van der Waals surface area contributed by atoms with Crippen molar-refractivity contribution in [3.8, 4) is 0 Å². The molecule has 0 spiro atoms. The molecular weight excluding hydrogens is 288 g/mol. The molecule has 0 amide bonds. The summed E-state index contributed by atoms with van der Waals surface area (Å²) in [4.78, 5) is 0.914. The van der Waals surface area contributed by atoms with Crippen molar-refractivity contribution in [3.05, 3.63) is 19.8 Å². The number of aliphatic hydroxyl groups is 1. The second-order valence-electron chi connectivity index (χ2n) is 3.34. The summed E-state index contributed by atoms with van der Waals surface area (Å²) in [7, 11) is 0. The van der Waals surface area contributed by atoms with Crippen LogP contribution in [0.25, 0.3) is 0 Å². The molecule has 1 aliphatic heterocycles. The van der Waals surface area contributed by atoms with Gasteiger partial charge in [0.15, 0.2) is 0 Å². The number of ether oxygens (including phenoxy) is 1. The van der Waals surface area contributed by atoms with Crippen LogP contribution in [0.4, 0.5) is 0 Å². The van der Waals surface area contributed by atoms with Crippen molar-refractivity contribution in [1.29, 1.82) is 0 Å². The molecular formula is C9H10BrClO2S. The first-order valence-electron chi connectivity index (χ1n) is 4.39. The Morgan fingerprint density at radius 1 is 1.71 bits per heavy atom. The molecule has 1 aromatic rings. The zero-order valence-electron chi connectivity index (χ0n) is 7.37. The van der Waals surface area contributed by atoms with Crippen molar-refractivity contribution >= 4 is 38.9 Å². The maximum Gasteiger partial charge on any atom is 0.0933 e. The third kappa shape index (κ3) is 2.14. The van der Waals surface area contributed by atoms with Crippen molar-refractivity contribution in [2.75, 3.05) is 13.2 Å². The fourth-order valence-corrected chi connectivity index (χ4v) is 3.37. The minimum absolute atomic E-state index is 0.219. The zero-order valence-corrected chi connectivity index (χ0v) is 10.5. The average Bonchev–Trinajstić information content (AvgIpc) is 2.76. The summed E-state index contributed by atoms with van der Waals surface area (Å²) in [5.41, 5.74) is 0. The van der Waals surface area contributed by atoms with Gasteiger partial charge in [0.2, 0.25) is 0 Å². The topological polar surface area (TPSA) is 29.5 Å². The molecule has 1 saturated heterocycles. The Morgan fingerprint density at radius 2 is 2.50 bits per heavy atom. The zero-order chi connectivity index (χ0) is 10.1. The summed E-state index contributed by atoms with van der Waals surface area (Å²) < 4.78 is 6.12. The van der Waals surface area contributed by atoms with Gasteiger partial charge in [-0.25, -0.2) is 0 Å². The van der Waals surface area contributed by atoms with Crippen molar-refractivity contribution in [3.63, 3.8) is 0 Å². The molecule has 0 saturated carbocycles. The van der Waals surface area contributed by atoms with Crippen molar-refractivity contribution in [2.45, 2.75) is 12.5 Å². The Morgan fingerprint density at radius 3 is 3.00 bits per heavy atom. The average molecular weight is 298 g/mol. The Kier molecular flexibility index (Phi) is 3.50. The van der Waals surface area contributed by atoms with Crippen LogP contribution >= 0.6 is 38.9 Å². The molecule has 2 nitrogen and oxygen atoms in total. The van der Waals surface area contributed by atoms with Gasteiger partial charge in [0.25, 0.3) is 0 Å². The van der Waals surface area contributed by atoms with E-state index in [9.17, 15) is 5.11 Å². The Bertz CT molecular complexity index is 303. The molecule has 2 unspecified atom stereocenters. The van der Waals surface area contributed by atoms with Gasteiger partial charge >= 0.3 is 0 Å². The van der Waals surface area contributed by atoms with E-state index < -0.39 is 6.10 Å². The lowest BCUT2D eigenvalue weighted by Crippen LogP contribution is -2.10. The predicted molar refractivity (Wildman–Crippen MR) is 60.9 cm³/mol. The van der Waals surface area contributed by atoms with E-state index in [0.717, 1.165) is 21.7 Å². The Labute approximate surface area is 100.0 Å². The standard InChI is InChI=1S/C9H10BrClO2S/c10-9-6(11)3-7(14-9)8(12)5-1-2-13-4-5/h3,5,8,12H,1-2,4H2. The summed E-state index contributed by atoms with van der Waals surface area (Å²) in [6.07, 6.45) is 0.486. The number of aliphatic hydroxyl groups excluding tert-OH is 1. The third-order valence-electron chi connectivity index (χ3n) is 2.37. The number of hydrogen-bond acceptors (Lipinski definition) is 3. The van der Waals surface area contributed by atoms with Crippen LogP contribution in [-0.4, -0.2) is 18.3 Å². The lowest BCUT2D eigenvalue weighted by Gasteiger charge is -2.13. The number of halogens is 2. The summed E-state index contributed by atoms with van der Waals surface area (Å²) in [6.45, 7) is 1.40. The monoisotopic (exact) mass is 296 g/mol. The first kappa shape index (κ1) is 10.9. The van der Waals surface area contributed by atoms with Crippen LogP contribution < -0.4 is 0 Å². The third-order valence-corrected chi connectivity index (χ3v) is 4.91. The van der Waals surface area contributed by atoms with Gasteiger partial charge in [0.05, 0.1) is 21.5 Å². The van der Waals surface area contributed by atoms with E-state index in [-0.39, 0.29) is 5.92 Å². The van der Waals surface area contributed by atoms with Crippen molar-refractivity contribution in [2.24, 2.45) is 5.92 Å². The highest BCUT2D eigenvalue weighted by Crippen LogP contribution is 2.39. The molecule has 0 radical (unpaired) electrons. The van der Waals surface area contributed by atoms with Gasteiger partial charge in [-0.1, -0.05) is 11.6 Å². The fourth-order valence-electron chi connectivity index (χ4n) is 1.54. The number of rotatable bonds is 2. The maximum atomic E-state index is 10.0. The van der Waals surface area contributed by atoms with E-state index in [1.807, 2.05) is 6.07 Å².